The van der Waals surface area contributed by atoms with E-state index < -0.39 is 0 Å². The van der Waals surface area contributed by atoms with Gasteiger partial charge in [-0.05, 0) is 45.2 Å². The third-order valence-corrected chi connectivity index (χ3v) is 3.91. The van der Waals surface area contributed by atoms with E-state index in [4.69, 9.17) is 9.47 Å². The van der Waals surface area contributed by atoms with Gasteiger partial charge in [0.1, 0.15) is 11.6 Å². The van der Waals surface area contributed by atoms with Gasteiger partial charge in [-0.1, -0.05) is 13.0 Å². The van der Waals surface area contributed by atoms with Crippen LogP contribution in [0.1, 0.15) is 51.1 Å². The Kier molecular flexibility index (Phi) is 6.46. The van der Waals surface area contributed by atoms with Gasteiger partial charge >= 0.3 is 0 Å². The van der Waals surface area contributed by atoms with Crippen molar-refractivity contribution in [3.05, 3.63) is 29.6 Å². The molecule has 0 aliphatic carbocycles. The average Bonchev–Trinajstić information content (AvgIpc) is 2.97. The lowest BCUT2D eigenvalue weighted by atomic mass is 10.1. The standard InChI is InChI=1S/C17H26FNO2/c1-3-19-13(2)16-9-8-15(12-17(16)18)21-11-5-7-14-6-4-10-20-14/h8-9,12-14,19H,3-7,10-11H2,1-2H3. The molecule has 0 saturated carbocycles. The normalized spacial score (nSPS) is 19.7. The van der Waals surface area contributed by atoms with Crippen molar-refractivity contribution in [3.8, 4) is 5.75 Å². The fraction of sp³-hybridized carbons (Fsp3) is 0.647. The van der Waals surface area contributed by atoms with Crippen LogP contribution in [0.5, 0.6) is 5.75 Å². The zero-order chi connectivity index (χ0) is 15.1. The fourth-order valence-corrected chi connectivity index (χ4v) is 2.74. The maximum absolute atomic E-state index is 14.0. The summed E-state index contributed by atoms with van der Waals surface area (Å²) >= 11 is 0. The summed E-state index contributed by atoms with van der Waals surface area (Å²) < 4.78 is 25.2. The monoisotopic (exact) mass is 295 g/mol. The van der Waals surface area contributed by atoms with Crippen LogP contribution in [0.3, 0.4) is 0 Å². The Balaban J connectivity index is 1.77. The quantitative estimate of drug-likeness (QED) is 0.739. The third-order valence-electron chi connectivity index (χ3n) is 3.91. The lowest BCUT2D eigenvalue weighted by Crippen LogP contribution is -2.18. The Morgan fingerprint density at radius 2 is 2.33 bits per heavy atom. The molecule has 0 bridgehead atoms. The second-order valence-corrected chi connectivity index (χ2v) is 5.59. The molecule has 21 heavy (non-hydrogen) atoms. The van der Waals surface area contributed by atoms with Gasteiger partial charge in [0.25, 0.3) is 0 Å². The smallest absolute Gasteiger partial charge is 0.131 e. The van der Waals surface area contributed by atoms with E-state index in [9.17, 15) is 4.39 Å². The first kappa shape index (κ1) is 16.2. The van der Waals surface area contributed by atoms with Gasteiger partial charge in [-0.15, -0.1) is 0 Å². The number of benzene rings is 1. The van der Waals surface area contributed by atoms with Crippen LogP contribution >= 0.6 is 0 Å². The van der Waals surface area contributed by atoms with Crippen LogP contribution in [-0.2, 0) is 4.74 Å². The highest BCUT2D eigenvalue weighted by Crippen LogP contribution is 2.22. The first-order valence-corrected chi connectivity index (χ1v) is 7.98. The van der Waals surface area contributed by atoms with E-state index in [1.54, 1.807) is 6.07 Å². The van der Waals surface area contributed by atoms with Crippen molar-refractivity contribution >= 4 is 0 Å². The van der Waals surface area contributed by atoms with Gasteiger partial charge < -0.3 is 14.8 Å². The SMILES string of the molecule is CCNC(C)c1ccc(OCCCC2CCCO2)cc1F. The molecule has 0 spiro atoms. The highest BCUT2D eigenvalue weighted by molar-refractivity contribution is 5.30. The van der Waals surface area contributed by atoms with Gasteiger partial charge in [0, 0.05) is 24.3 Å². The molecule has 1 fully saturated rings. The maximum atomic E-state index is 14.0. The number of hydrogen-bond acceptors (Lipinski definition) is 3. The van der Waals surface area contributed by atoms with Gasteiger partial charge in [0.15, 0.2) is 0 Å². The largest absolute Gasteiger partial charge is 0.493 e. The summed E-state index contributed by atoms with van der Waals surface area (Å²) in [7, 11) is 0. The molecule has 1 aromatic rings. The van der Waals surface area contributed by atoms with Gasteiger partial charge in [-0.25, -0.2) is 4.39 Å². The number of hydrogen-bond donors (Lipinski definition) is 1. The Labute approximate surface area is 126 Å². The molecule has 1 aliphatic rings. The molecule has 1 saturated heterocycles. The fourth-order valence-electron chi connectivity index (χ4n) is 2.74. The molecule has 0 aromatic heterocycles. The molecule has 2 unspecified atom stereocenters. The van der Waals surface area contributed by atoms with Crippen molar-refractivity contribution in [1.29, 1.82) is 0 Å². The third kappa shape index (κ3) is 4.97. The van der Waals surface area contributed by atoms with Crippen LogP contribution in [0.15, 0.2) is 18.2 Å². The van der Waals surface area contributed by atoms with Crippen molar-refractivity contribution in [3.63, 3.8) is 0 Å². The van der Waals surface area contributed by atoms with Gasteiger partial charge in [-0.3, -0.25) is 0 Å². The second-order valence-electron chi connectivity index (χ2n) is 5.59. The van der Waals surface area contributed by atoms with Crippen LogP contribution < -0.4 is 10.1 Å². The summed E-state index contributed by atoms with van der Waals surface area (Å²) in [5.74, 6) is 0.396. The lowest BCUT2D eigenvalue weighted by Gasteiger charge is -2.15. The molecule has 3 nitrogen and oxygen atoms in total. The predicted octanol–water partition coefficient (Wildman–Crippen LogP) is 3.83. The van der Waals surface area contributed by atoms with E-state index in [0.717, 1.165) is 32.4 Å². The van der Waals surface area contributed by atoms with Crippen LogP contribution in [0.25, 0.3) is 0 Å². The minimum atomic E-state index is -0.208. The molecule has 0 amide bonds. The summed E-state index contributed by atoms with van der Waals surface area (Å²) in [6.45, 7) is 6.30. The first-order valence-electron chi connectivity index (χ1n) is 7.98. The Hall–Kier alpha value is -1.13. The number of ether oxygens (including phenoxy) is 2. The minimum absolute atomic E-state index is 0.0172. The highest BCUT2D eigenvalue weighted by Gasteiger charge is 2.15. The molecule has 2 rings (SSSR count). The highest BCUT2D eigenvalue weighted by atomic mass is 19.1. The van der Waals surface area contributed by atoms with Crippen molar-refractivity contribution in [1.82, 2.24) is 5.32 Å². The Bertz CT molecular complexity index is 433. The van der Waals surface area contributed by atoms with Gasteiger partial charge in [0.2, 0.25) is 0 Å². The van der Waals surface area contributed by atoms with Crippen molar-refractivity contribution in [2.75, 3.05) is 19.8 Å². The van der Waals surface area contributed by atoms with E-state index in [1.807, 2.05) is 19.9 Å². The predicted molar refractivity (Wildman–Crippen MR) is 82.2 cm³/mol. The molecule has 1 aliphatic heterocycles. The lowest BCUT2D eigenvalue weighted by molar-refractivity contribution is 0.0981. The van der Waals surface area contributed by atoms with E-state index in [0.29, 0.717) is 24.0 Å². The summed E-state index contributed by atoms with van der Waals surface area (Å²) in [4.78, 5) is 0. The van der Waals surface area contributed by atoms with E-state index in [2.05, 4.69) is 5.32 Å². The topological polar surface area (TPSA) is 30.5 Å². The van der Waals surface area contributed by atoms with Gasteiger partial charge in [0.05, 0.1) is 12.7 Å². The summed E-state index contributed by atoms with van der Waals surface area (Å²) in [6, 6.07) is 5.15. The van der Waals surface area contributed by atoms with E-state index >= 15 is 0 Å². The molecule has 1 aromatic carbocycles. The van der Waals surface area contributed by atoms with Crippen molar-refractivity contribution in [2.24, 2.45) is 0 Å². The molecule has 118 valence electrons. The molecule has 1 heterocycles. The molecular weight excluding hydrogens is 269 g/mol. The summed E-state index contributed by atoms with van der Waals surface area (Å²) in [6.07, 6.45) is 4.70. The summed E-state index contributed by atoms with van der Waals surface area (Å²) in [5.41, 5.74) is 0.684. The molecule has 4 heteroatoms. The second kappa shape index (κ2) is 8.35. The van der Waals surface area contributed by atoms with E-state index in [1.165, 1.54) is 12.5 Å². The zero-order valence-electron chi connectivity index (χ0n) is 13.0. The zero-order valence-corrected chi connectivity index (χ0v) is 13.0. The van der Waals surface area contributed by atoms with Gasteiger partial charge in [-0.2, -0.15) is 0 Å². The van der Waals surface area contributed by atoms with E-state index in [-0.39, 0.29) is 11.9 Å². The average molecular weight is 295 g/mol. The summed E-state index contributed by atoms with van der Waals surface area (Å²) in [5, 5.41) is 3.21. The molecular formula is C17H26FNO2. The number of halogens is 1. The molecule has 2 atom stereocenters. The number of rotatable bonds is 8. The van der Waals surface area contributed by atoms with Crippen LogP contribution in [0.2, 0.25) is 0 Å². The van der Waals surface area contributed by atoms with Crippen LogP contribution in [-0.4, -0.2) is 25.9 Å². The Morgan fingerprint density at radius 3 is 3.00 bits per heavy atom. The first-order chi connectivity index (χ1) is 10.2. The molecule has 1 N–H and O–H groups in total. The molecule has 0 radical (unpaired) electrons. The van der Waals surface area contributed by atoms with Crippen molar-refractivity contribution < 1.29 is 13.9 Å². The Morgan fingerprint density at radius 1 is 1.48 bits per heavy atom. The number of nitrogens with one attached hydrogen (secondary N) is 1. The van der Waals surface area contributed by atoms with Crippen molar-refractivity contribution in [2.45, 2.75) is 51.7 Å². The van der Waals surface area contributed by atoms with Crippen LogP contribution in [0, 0.1) is 5.82 Å². The minimum Gasteiger partial charge on any atom is -0.493 e. The van der Waals surface area contributed by atoms with Crippen LogP contribution in [0.4, 0.5) is 4.39 Å². The maximum Gasteiger partial charge on any atom is 0.131 e.